The minimum Gasteiger partial charge on any atom is -0.351 e. The Hall–Kier alpha value is -1.35. The quantitative estimate of drug-likeness (QED) is 0.668. The van der Waals surface area contributed by atoms with E-state index in [1.165, 1.54) is 36.8 Å². The van der Waals surface area contributed by atoms with Gasteiger partial charge >= 0.3 is 0 Å². The van der Waals surface area contributed by atoms with E-state index < -0.39 is 0 Å². The predicted molar refractivity (Wildman–Crippen MR) is 88.1 cm³/mol. The van der Waals surface area contributed by atoms with Gasteiger partial charge in [-0.25, -0.2) is 0 Å². The average molecular weight is 331 g/mol. The number of nitrogens with zero attached hydrogens (tertiary/aromatic N) is 2. The molecular formula is C17H19BrN2. The van der Waals surface area contributed by atoms with Gasteiger partial charge in [0.05, 0.1) is 5.69 Å². The van der Waals surface area contributed by atoms with E-state index in [0.717, 1.165) is 10.2 Å². The average Bonchev–Trinajstić information content (AvgIpc) is 3.08. The molecule has 20 heavy (non-hydrogen) atoms. The molecule has 3 rings (SSSR count). The summed E-state index contributed by atoms with van der Waals surface area (Å²) in [6.45, 7) is 2.08. The van der Waals surface area contributed by atoms with Gasteiger partial charge in [-0.15, -0.1) is 0 Å². The van der Waals surface area contributed by atoms with E-state index in [2.05, 4.69) is 56.9 Å². The maximum absolute atomic E-state index is 4.60. The highest BCUT2D eigenvalue weighted by Gasteiger charge is 2.15. The Labute approximate surface area is 128 Å². The second-order valence-corrected chi connectivity index (χ2v) is 6.44. The molecule has 1 aromatic heterocycles. The zero-order valence-corrected chi connectivity index (χ0v) is 13.3. The van der Waals surface area contributed by atoms with Crippen molar-refractivity contribution in [2.24, 2.45) is 4.99 Å². The Morgan fingerprint density at radius 1 is 1.25 bits per heavy atom. The Morgan fingerprint density at radius 3 is 2.80 bits per heavy atom. The molecule has 1 aliphatic carbocycles. The molecule has 0 N–H and O–H groups in total. The van der Waals surface area contributed by atoms with Crippen LogP contribution in [0, 0.1) is 6.92 Å². The fourth-order valence-corrected chi connectivity index (χ4v) is 3.32. The van der Waals surface area contributed by atoms with Gasteiger partial charge in [0.25, 0.3) is 0 Å². The lowest BCUT2D eigenvalue weighted by atomic mass is 10.2. The minimum atomic E-state index is 0.701. The number of halogens is 1. The van der Waals surface area contributed by atoms with Crippen molar-refractivity contribution in [3.63, 3.8) is 0 Å². The van der Waals surface area contributed by atoms with E-state index in [9.17, 15) is 0 Å². The lowest BCUT2D eigenvalue weighted by molar-refractivity contribution is 0.521. The first-order chi connectivity index (χ1) is 9.72. The molecule has 0 aliphatic heterocycles. The predicted octanol–water partition coefficient (Wildman–Crippen LogP) is 5.42. The summed E-state index contributed by atoms with van der Waals surface area (Å²) in [5, 5.41) is 0. The van der Waals surface area contributed by atoms with Gasteiger partial charge in [-0.05, 0) is 49.6 Å². The maximum atomic E-state index is 4.60. The third-order valence-corrected chi connectivity index (χ3v) is 4.49. The fraction of sp³-hybridized carbons (Fsp3) is 0.353. The summed E-state index contributed by atoms with van der Waals surface area (Å²) >= 11 is 3.48. The van der Waals surface area contributed by atoms with E-state index in [1.54, 1.807) is 0 Å². The normalized spacial score (nSPS) is 16.3. The van der Waals surface area contributed by atoms with Crippen LogP contribution in [0.4, 0.5) is 5.69 Å². The number of aromatic nitrogens is 1. The number of benzene rings is 1. The molecule has 0 saturated heterocycles. The molecule has 104 valence electrons. The van der Waals surface area contributed by atoms with Crippen molar-refractivity contribution in [1.82, 2.24) is 4.57 Å². The van der Waals surface area contributed by atoms with Crippen LogP contribution in [0.25, 0.3) is 0 Å². The van der Waals surface area contributed by atoms with E-state index in [1.807, 2.05) is 18.3 Å². The number of rotatable bonds is 3. The molecule has 0 unspecified atom stereocenters. The highest BCUT2D eigenvalue weighted by atomic mass is 79.9. The van der Waals surface area contributed by atoms with Crippen molar-refractivity contribution in [1.29, 1.82) is 0 Å². The summed E-state index contributed by atoms with van der Waals surface area (Å²) in [5.41, 5.74) is 3.40. The molecule has 1 aromatic carbocycles. The first-order valence-electron chi connectivity index (χ1n) is 7.20. The first kappa shape index (κ1) is 13.6. The highest BCUT2D eigenvalue weighted by molar-refractivity contribution is 9.10. The summed E-state index contributed by atoms with van der Waals surface area (Å²) in [6, 6.07) is 9.02. The van der Waals surface area contributed by atoms with E-state index in [-0.39, 0.29) is 0 Å². The third kappa shape index (κ3) is 3.04. The topological polar surface area (TPSA) is 17.3 Å². The summed E-state index contributed by atoms with van der Waals surface area (Å²) in [7, 11) is 0. The molecule has 2 aromatic rings. The highest BCUT2D eigenvalue weighted by Crippen LogP contribution is 2.29. The summed E-state index contributed by atoms with van der Waals surface area (Å²) in [5.74, 6) is 0. The molecule has 0 radical (unpaired) electrons. The zero-order valence-electron chi connectivity index (χ0n) is 11.7. The van der Waals surface area contributed by atoms with Crippen LogP contribution in [0.1, 0.15) is 42.9 Å². The number of aryl methyl sites for hydroxylation is 1. The Kier molecular flexibility index (Phi) is 4.06. The molecular weight excluding hydrogens is 312 g/mol. The number of hydrogen-bond acceptors (Lipinski definition) is 1. The largest absolute Gasteiger partial charge is 0.351 e. The number of aliphatic imine (C=N–C) groups is 1. The second-order valence-electron chi connectivity index (χ2n) is 5.52. The molecule has 0 amide bonds. The molecule has 0 spiro atoms. The molecule has 0 bridgehead atoms. The minimum absolute atomic E-state index is 0.701. The Bertz CT molecular complexity index is 622. The summed E-state index contributed by atoms with van der Waals surface area (Å²) < 4.78 is 3.45. The molecule has 1 heterocycles. The standard InChI is InChI=1S/C17H19BrN2/c1-13-10-15(18)6-7-17(13)19-11-14-8-9-20(12-14)16-4-2-3-5-16/h6-12,16H,2-5H2,1H3. The van der Waals surface area contributed by atoms with Crippen molar-refractivity contribution < 1.29 is 0 Å². The van der Waals surface area contributed by atoms with Gasteiger partial charge < -0.3 is 4.57 Å². The van der Waals surface area contributed by atoms with Gasteiger partial charge in [0.1, 0.15) is 0 Å². The van der Waals surface area contributed by atoms with Crippen molar-refractivity contribution >= 4 is 27.8 Å². The zero-order chi connectivity index (χ0) is 13.9. The SMILES string of the molecule is Cc1cc(Br)ccc1N=Cc1ccn(C2CCCC2)c1. The Balaban J connectivity index is 1.75. The van der Waals surface area contributed by atoms with Gasteiger partial charge in [0.2, 0.25) is 0 Å². The molecule has 1 fully saturated rings. The van der Waals surface area contributed by atoms with Crippen LogP contribution in [0.3, 0.4) is 0 Å². The lowest BCUT2D eigenvalue weighted by Crippen LogP contribution is -2.00. The third-order valence-electron chi connectivity index (χ3n) is 4.00. The molecule has 0 atom stereocenters. The van der Waals surface area contributed by atoms with E-state index >= 15 is 0 Å². The molecule has 2 nitrogen and oxygen atoms in total. The van der Waals surface area contributed by atoms with Crippen LogP contribution in [-0.2, 0) is 0 Å². The van der Waals surface area contributed by atoms with Crippen LogP contribution in [0.15, 0.2) is 46.1 Å². The Morgan fingerprint density at radius 2 is 2.05 bits per heavy atom. The van der Waals surface area contributed by atoms with E-state index in [4.69, 9.17) is 0 Å². The van der Waals surface area contributed by atoms with Gasteiger partial charge in [-0.3, -0.25) is 4.99 Å². The van der Waals surface area contributed by atoms with E-state index in [0.29, 0.717) is 6.04 Å². The van der Waals surface area contributed by atoms with Crippen molar-refractivity contribution in [3.8, 4) is 0 Å². The molecule has 1 aliphatic rings. The van der Waals surface area contributed by atoms with Crippen molar-refractivity contribution in [2.75, 3.05) is 0 Å². The maximum Gasteiger partial charge on any atom is 0.0659 e. The molecule has 1 saturated carbocycles. The summed E-state index contributed by atoms with van der Waals surface area (Å²) in [6.07, 6.45) is 11.7. The van der Waals surface area contributed by atoms with Crippen LogP contribution in [0.2, 0.25) is 0 Å². The van der Waals surface area contributed by atoms with Gasteiger partial charge in [-0.1, -0.05) is 28.8 Å². The molecule has 3 heteroatoms. The first-order valence-corrected chi connectivity index (χ1v) is 7.99. The van der Waals surface area contributed by atoms with Gasteiger partial charge in [-0.2, -0.15) is 0 Å². The van der Waals surface area contributed by atoms with Crippen molar-refractivity contribution in [2.45, 2.75) is 38.6 Å². The van der Waals surface area contributed by atoms with Crippen LogP contribution < -0.4 is 0 Å². The van der Waals surface area contributed by atoms with Gasteiger partial charge in [0, 0.05) is 34.7 Å². The fourth-order valence-electron chi connectivity index (χ4n) is 2.84. The smallest absolute Gasteiger partial charge is 0.0659 e. The van der Waals surface area contributed by atoms with Gasteiger partial charge in [0.15, 0.2) is 0 Å². The monoisotopic (exact) mass is 330 g/mol. The second kappa shape index (κ2) is 5.96. The van der Waals surface area contributed by atoms with Crippen LogP contribution >= 0.6 is 15.9 Å². The van der Waals surface area contributed by atoms with Crippen molar-refractivity contribution in [3.05, 3.63) is 52.3 Å². The van der Waals surface area contributed by atoms with Crippen LogP contribution in [0.5, 0.6) is 0 Å². The summed E-state index contributed by atoms with van der Waals surface area (Å²) in [4.78, 5) is 4.60. The number of hydrogen-bond donors (Lipinski definition) is 0. The van der Waals surface area contributed by atoms with Crippen LogP contribution in [-0.4, -0.2) is 10.8 Å². The lowest BCUT2D eigenvalue weighted by Gasteiger charge is -2.10.